The summed E-state index contributed by atoms with van der Waals surface area (Å²) in [5.74, 6) is 0.263. The topological polar surface area (TPSA) is 115 Å². The van der Waals surface area contributed by atoms with Crippen molar-refractivity contribution in [3.05, 3.63) is 41.6 Å². The zero-order chi connectivity index (χ0) is 21.0. The first-order chi connectivity index (χ1) is 13.7. The predicted octanol–water partition coefficient (Wildman–Crippen LogP) is 2.95. The molecule has 10 heteroatoms. The Bertz CT molecular complexity index is 928. The van der Waals surface area contributed by atoms with Gasteiger partial charge in [-0.05, 0) is 38.9 Å². The lowest BCUT2D eigenvalue weighted by atomic mass is 9.94. The molecule has 1 aliphatic heterocycles. The Morgan fingerprint density at radius 1 is 1.14 bits per heavy atom. The van der Waals surface area contributed by atoms with Crippen LogP contribution in [0.5, 0.6) is 0 Å². The van der Waals surface area contributed by atoms with Crippen LogP contribution in [-0.4, -0.2) is 34.9 Å². The molecule has 154 valence electrons. The molecule has 0 amide bonds. The lowest BCUT2D eigenvalue weighted by Gasteiger charge is -2.23. The monoisotopic (exact) mass is 405 g/mol. The molecule has 0 aliphatic carbocycles. The summed E-state index contributed by atoms with van der Waals surface area (Å²) in [5.41, 5.74) is 11.0. The van der Waals surface area contributed by atoms with Gasteiger partial charge in [-0.25, -0.2) is 15.0 Å². The van der Waals surface area contributed by atoms with E-state index in [1.54, 1.807) is 13.0 Å². The van der Waals surface area contributed by atoms with Crippen molar-refractivity contribution in [3.8, 4) is 11.4 Å². The maximum absolute atomic E-state index is 13.5. The fourth-order valence-corrected chi connectivity index (χ4v) is 3.21. The first kappa shape index (κ1) is 20.7. The lowest BCUT2D eigenvalue weighted by Crippen LogP contribution is -2.27. The number of benzene rings is 1. The fourth-order valence-electron chi connectivity index (χ4n) is 3.21. The minimum Gasteiger partial charge on any atom is -0.387 e. The van der Waals surface area contributed by atoms with E-state index in [4.69, 9.17) is 11.5 Å². The highest BCUT2D eigenvalue weighted by Gasteiger charge is 2.34. The number of nitrogens with one attached hydrogen (secondary N) is 1. The van der Waals surface area contributed by atoms with Crippen LogP contribution in [0.25, 0.3) is 11.4 Å². The highest BCUT2D eigenvalue weighted by Crippen LogP contribution is 2.37. The molecule has 0 spiro atoms. The van der Waals surface area contributed by atoms with Gasteiger partial charge < -0.3 is 16.8 Å². The number of rotatable bonds is 3. The number of nitrogens with zero attached hydrogens (tertiary/aromatic N) is 4. The van der Waals surface area contributed by atoms with E-state index in [0.29, 0.717) is 5.69 Å². The maximum atomic E-state index is 13.5. The van der Waals surface area contributed by atoms with Crippen molar-refractivity contribution in [3.63, 3.8) is 0 Å². The average molecular weight is 405 g/mol. The van der Waals surface area contributed by atoms with E-state index in [1.807, 2.05) is 0 Å². The van der Waals surface area contributed by atoms with Crippen LogP contribution in [0.3, 0.4) is 0 Å². The van der Waals surface area contributed by atoms with Crippen LogP contribution in [0.4, 0.5) is 19.0 Å². The van der Waals surface area contributed by atoms with Crippen molar-refractivity contribution in [1.29, 1.82) is 0 Å². The van der Waals surface area contributed by atoms with Gasteiger partial charge in [0.25, 0.3) is 0 Å². The standard InChI is InChI=1S/C19H22F3N7/c1-11(23)26-18(24)29-16-10-15(12-6-8-25-9-7-12)27-17(28-16)13-4-2-3-5-14(13)19(20,21)22/h2-5,10,12,25H,6-9H2,1H3,(H4,23,24,26,27,28,29). The number of guanidine groups is 1. The van der Waals surface area contributed by atoms with Crippen LogP contribution in [0.15, 0.2) is 40.3 Å². The third kappa shape index (κ3) is 5.29. The van der Waals surface area contributed by atoms with Crippen molar-refractivity contribution in [2.24, 2.45) is 21.5 Å². The van der Waals surface area contributed by atoms with Crippen molar-refractivity contribution < 1.29 is 13.2 Å². The number of hydrogen-bond acceptors (Lipinski definition) is 4. The van der Waals surface area contributed by atoms with Gasteiger partial charge in [0.15, 0.2) is 11.6 Å². The zero-order valence-corrected chi connectivity index (χ0v) is 15.9. The van der Waals surface area contributed by atoms with Gasteiger partial charge in [0.2, 0.25) is 5.96 Å². The molecule has 0 radical (unpaired) electrons. The molecular formula is C19H22F3N7. The highest BCUT2D eigenvalue weighted by molar-refractivity contribution is 5.94. The summed E-state index contributed by atoms with van der Waals surface area (Å²) in [6.07, 6.45) is -2.90. The molecule has 2 aromatic rings. The van der Waals surface area contributed by atoms with Crippen molar-refractivity contribution in [1.82, 2.24) is 15.3 Å². The molecule has 1 aromatic carbocycles. The zero-order valence-electron chi connectivity index (χ0n) is 15.9. The van der Waals surface area contributed by atoms with Crippen LogP contribution in [0.1, 0.15) is 36.9 Å². The molecule has 3 rings (SSSR count). The number of alkyl halides is 3. The average Bonchev–Trinajstić information content (AvgIpc) is 2.67. The first-order valence-electron chi connectivity index (χ1n) is 9.15. The smallest absolute Gasteiger partial charge is 0.387 e. The largest absolute Gasteiger partial charge is 0.417 e. The van der Waals surface area contributed by atoms with E-state index >= 15 is 0 Å². The summed E-state index contributed by atoms with van der Waals surface area (Å²) in [7, 11) is 0. The van der Waals surface area contributed by atoms with Crippen molar-refractivity contribution >= 4 is 17.6 Å². The SMILES string of the molecule is CC(N)=NC(N)=Nc1cc(C2CCNCC2)nc(-c2ccccc2C(F)(F)F)n1. The Morgan fingerprint density at radius 3 is 2.48 bits per heavy atom. The summed E-state index contributed by atoms with van der Waals surface area (Å²) >= 11 is 0. The molecule has 5 N–H and O–H groups in total. The van der Waals surface area contributed by atoms with Crippen LogP contribution in [-0.2, 0) is 6.18 Å². The van der Waals surface area contributed by atoms with E-state index in [-0.39, 0.29) is 34.9 Å². The molecular weight excluding hydrogens is 383 g/mol. The van der Waals surface area contributed by atoms with Crippen LogP contribution < -0.4 is 16.8 Å². The summed E-state index contributed by atoms with van der Waals surface area (Å²) in [6.45, 7) is 3.16. The van der Waals surface area contributed by atoms with E-state index in [2.05, 4.69) is 25.3 Å². The number of amidine groups is 1. The number of hydrogen-bond donors (Lipinski definition) is 3. The van der Waals surface area contributed by atoms with Gasteiger partial charge in [-0.15, -0.1) is 0 Å². The Kier molecular flexibility index (Phi) is 6.12. The highest BCUT2D eigenvalue weighted by atomic mass is 19.4. The van der Waals surface area contributed by atoms with Crippen LogP contribution in [0, 0.1) is 0 Å². The van der Waals surface area contributed by atoms with E-state index in [1.165, 1.54) is 18.2 Å². The molecule has 1 aliphatic rings. The molecule has 0 unspecified atom stereocenters. The van der Waals surface area contributed by atoms with Gasteiger partial charge >= 0.3 is 6.18 Å². The quantitative estimate of drug-likeness (QED) is 0.537. The van der Waals surface area contributed by atoms with Gasteiger partial charge in [-0.2, -0.15) is 18.2 Å². The minimum absolute atomic E-state index is 0.0473. The Morgan fingerprint density at radius 2 is 1.83 bits per heavy atom. The normalized spacial score (nSPS) is 16.8. The fraction of sp³-hybridized carbons (Fsp3) is 0.368. The summed E-state index contributed by atoms with van der Waals surface area (Å²) < 4.78 is 40.5. The summed E-state index contributed by atoms with van der Waals surface area (Å²) in [5, 5.41) is 3.26. The molecule has 7 nitrogen and oxygen atoms in total. The third-order valence-corrected chi connectivity index (χ3v) is 4.48. The Balaban J connectivity index is 2.14. The van der Waals surface area contributed by atoms with Gasteiger partial charge in [0.1, 0.15) is 0 Å². The molecule has 1 saturated heterocycles. The Hall–Kier alpha value is -3.01. The summed E-state index contributed by atoms with van der Waals surface area (Å²) in [6, 6.07) is 6.85. The molecule has 0 atom stereocenters. The third-order valence-electron chi connectivity index (χ3n) is 4.48. The van der Waals surface area contributed by atoms with E-state index in [9.17, 15) is 13.2 Å². The minimum atomic E-state index is -4.53. The molecule has 0 bridgehead atoms. The van der Waals surface area contributed by atoms with E-state index in [0.717, 1.165) is 32.0 Å². The number of nitrogens with two attached hydrogens (primary N) is 2. The van der Waals surface area contributed by atoms with E-state index < -0.39 is 11.7 Å². The van der Waals surface area contributed by atoms with Crippen LogP contribution >= 0.6 is 0 Å². The first-order valence-corrected chi connectivity index (χ1v) is 9.15. The molecule has 1 aromatic heterocycles. The predicted molar refractivity (Wildman–Crippen MR) is 106 cm³/mol. The van der Waals surface area contributed by atoms with Crippen molar-refractivity contribution in [2.75, 3.05) is 13.1 Å². The van der Waals surface area contributed by atoms with Gasteiger partial charge in [0.05, 0.1) is 11.4 Å². The van der Waals surface area contributed by atoms with Gasteiger partial charge in [-0.1, -0.05) is 18.2 Å². The van der Waals surface area contributed by atoms with Crippen molar-refractivity contribution in [2.45, 2.75) is 31.9 Å². The summed E-state index contributed by atoms with van der Waals surface area (Å²) in [4.78, 5) is 16.6. The number of piperidine rings is 1. The molecule has 2 heterocycles. The van der Waals surface area contributed by atoms with Crippen LogP contribution in [0.2, 0.25) is 0 Å². The lowest BCUT2D eigenvalue weighted by molar-refractivity contribution is -0.137. The molecule has 29 heavy (non-hydrogen) atoms. The molecule has 1 fully saturated rings. The Labute approximate surface area is 166 Å². The van der Waals surface area contributed by atoms with Gasteiger partial charge in [-0.3, -0.25) is 0 Å². The number of halogens is 3. The number of aromatic nitrogens is 2. The second kappa shape index (κ2) is 8.56. The second-order valence-corrected chi connectivity index (χ2v) is 6.77. The molecule has 0 saturated carbocycles. The van der Waals surface area contributed by atoms with Gasteiger partial charge in [0, 0.05) is 23.2 Å². The second-order valence-electron chi connectivity index (χ2n) is 6.77. The maximum Gasteiger partial charge on any atom is 0.417 e. The number of aliphatic imine (C=N–C) groups is 2.